The summed E-state index contributed by atoms with van der Waals surface area (Å²) in [6, 6.07) is 3.57. The second kappa shape index (κ2) is 11.4. The van der Waals surface area contributed by atoms with E-state index in [1.807, 2.05) is 0 Å². The molecule has 33 heavy (non-hydrogen) atoms. The molecule has 0 amide bonds. The molecule has 0 heterocycles. The Bertz CT molecular complexity index is 887. The highest BCUT2D eigenvalue weighted by Gasteiger charge is 2.29. The summed E-state index contributed by atoms with van der Waals surface area (Å²) in [4.78, 5) is 0. The summed E-state index contributed by atoms with van der Waals surface area (Å²) in [6.07, 6.45) is 7.16. The van der Waals surface area contributed by atoms with Crippen molar-refractivity contribution in [2.24, 2.45) is 11.8 Å². The summed E-state index contributed by atoms with van der Waals surface area (Å²) in [5.41, 5.74) is 1.05. The first-order valence-electron chi connectivity index (χ1n) is 12.3. The summed E-state index contributed by atoms with van der Waals surface area (Å²) < 4.78 is 63.3. The van der Waals surface area contributed by atoms with Gasteiger partial charge in [0.25, 0.3) is 0 Å². The molecule has 0 unspecified atom stereocenters. The molecule has 0 aromatic heterocycles. The molecule has 3 rings (SSSR count). The van der Waals surface area contributed by atoms with Gasteiger partial charge in [0.2, 0.25) is 0 Å². The van der Waals surface area contributed by atoms with Crippen molar-refractivity contribution >= 4 is 0 Å². The second-order valence-corrected chi connectivity index (χ2v) is 9.87. The second-order valence-electron chi connectivity index (χ2n) is 9.87. The Morgan fingerprint density at radius 1 is 0.848 bits per heavy atom. The first-order chi connectivity index (χ1) is 15.7. The molecule has 0 radical (unpaired) electrons. The molecule has 1 nitrogen and oxygen atoms in total. The molecule has 0 bridgehead atoms. The van der Waals surface area contributed by atoms with Crippen molar-refractivity contribution in [3.63, 3.8) is 0 Å². The minimum atomic E-state index is -1.11. The lowest BCUT2D eigenvalue weighted by Gasteiger charge is -2.30. The van der Waals surface area contributed by atoms with Crippen LogP contribution in [0.4, 0.5) is 17.6 Å². The zero-order chi connectivity index (χ0) is 24.1. The quantitative estimate of drug-likeness (QED) is 0.212. The molecule has 2 aliphatic rings. The van der Waals surface area contributed by atoms with Crippen molar-refractivity contribution in [1.82, 2.24) is 0 Å². The standard InChI is InChI=1S/C28H36F4O/c1-5-18(3)25(29)26(30)19(4)33-16-20-8-12-22(13-9-20)24-15-14-23(27(31)28(24)32)21-10-6-17(2)7-11-21/h14-15,17,20-22H,3-13,16H2,1-2H3/b26-25-. The van der Waals surface area contributed by atoms with Gasteiger partial charge in [0.15, 0.2) is 29.0 Å². The molecular formula is C28H36F4O. The van der Waals surface area contributed by atoms with Gasteiger partial charge in [0, 0.05) is 0 Å². The Labute approximate surface area is 195 Å². The van der Waals surface area contributed by atoms with Crippen LogP contribution in [0.3, 0.4) is 0 Å². The lowest BCUT2D eigenvalue weighted by atomic mass is 9.76. The minimum absolute atomic E-state index is 0.0404. The first-order valence-corrected chi connectivity index (χ1v) is 12.3. The normalized spacial score (nSPS) is 26.5. The molecule has 0 saturated heterocycles. The smallest absolute Gasteiger partial charge is 0.200 e. The molecule has 2 fully saturated rings. The van der Waals surface area contributed by atoms with E-state index in [9.17, 15) is 17.6 Å². The van der Waals surface area contributed by atoms with Gasteiger partial charge in [-0.2, -0.15) is 4.39 Å². The lowest BCUT2D eigenvalue weighted by Crippen LogP contribution is -2.19. The van der Waals surface area contributed by atoms with E-state index >= 15 is 0 Å². The number of hydrogen-bond acceptors (Lipinski definition) is 1. The number of benzene rings is 1. The molecule has 0 N–H and O–H groups in total. The van der Waals surface area contributed by atoms with Crippen LogP contribution < -0.4 is 0 Å². The van der Waals surface area contributed by atoms with Gasteiger partial charge >= 0.3 is 0 Å². The summed E-state index contributed by atoms with van der Waals surface area (Å²) in [6.45, 7) is 11.1. The van der Waals surface area contributed by atoms with Crippen molar-refractivity contribution in [2.45, 2.75) is 83.5 Å². The van der Waals surface area contributed by atoms with Gasteiger partial charge in [0.05, 0.1) is 6.61 Å². The van der Waals surface area contributed by atoms with Crippen LogP contribution in [0.2, 0.25) is 0 Å². The summed E-state index contributed by atoms with van der Waals surface area (Å²) in [7, 11) is 0. The van der Waals surface area contributed by atoms with E-state index in [0.717, 1.165) is 38.5 Å². The maximum atomic E-state index is 15.0. The SMILES string of the molecule is C=C(CC)/C(F)=C(/F)C(=C)OCC1CCC(c2ccc(C3CCC(C)CC3)c(F)c2F)CC1. The van der Waals surface area contributed by atoms with Crippen LogP contribution in [-0.4, -0.2) is 6.61 Å². The Morgan fingerprint density at radius 3 is 1.82 bits per heavy atom. The molecule has 0 atom stereocenters. The molecular weight excluding hydrogens is 428 g/mol. The monoisotopic (exact) mass is 464 g/mol. The number of halogens is 4. The van der Waals surface area contributed by atoms with Gasteiger partial charge in [-0.1, -0.05) is 52.0 Å². The van der Waals surface area contributed by atoms with E-state index in [2.05, 4.69) is 20.1 Å². The Morgan fingerprint density at radius 2 is 1.33 bits per heavy atom. The molecule has 182 valence electrons. The topological polar surface area (TPSA) is 9.23 Å². The predicted molar refractivity (Wildman–Crippen MR) is 125 cm³/mol. The van der Waals surface area contributed by atoms with Crippen molar-refractivity contribution in [3.05, 3.63) is 71.0 Å². The highest BCUT2D eigenvalue weighted by Crippen LogP contribution is 2.41. The van der Waals surface area contributed by atoms with Gasteiger partial charge in [-0.25, -0.2) is 13.2 Å². The Kier molecular flexibility index (Phi) is 8.83. The molecule has 5 heteroatoms. The van der Waals surface area contributed by atoms with Crippen LogP contribution in [0.5, 0.6) is 0 Å². The summed E-state index contributed by atoms with van der Waals surface area (Å²) >= 11 is 0. The van der Waals surface area contributed by atoms with E-state index < -0.39 is 23.3 Å². The number of rotatable bonds is 8. The van der Waals surface area contributed by atoms with Crippen LogP contribution in [0.25, 0.3) is 0 Å². The van der Waals surface area contributed by atoms with E-state index in [1.165, 1.54) is 0 Å². The van der Waals surface area contributed by atoms with Crippen molar-refractivity contribution < 1.29 is 22.3 Å². The summed E-state index contributed by atoms with van der Waals surface area (Å²) in [5, 5.41) is 0. The minimum Gasteiger partial charge on any atom is -0.491 e. The maximum Gasteiger partial charge on any atom is 0.200 e. The first kappa shape index (κ1) is 25.6. The van der Waals surface area contributed by atoms with Gasteiger partial charge in [-0.15, -0.1) is 0 Å². The highest BCUT2D eigenvalue weighted by atomic mass is 19.2. The molecule has 1 aromatic carbocycles. The van der Waals surface area contributed by atoms with Gasteiger partial charge in [0.1, 0.15) is 0 Å². The van der Waals surface area contributed by atoms with E-state index in [1.54, 1.807) is 19.1 Å². The number of hydrogen-bond donors (Lipinski definition) is 0. The van der Waals surface area contributed by atoms with E-state index in [-0.39, 0.29) is 35.7 Å². The fourth-order valence-electron chi connectivity index (χ4n) is 5.14. The molecule has 2 aliphatic carbocycles. The third kappa shape index (κ3) is 6.10. The Balaban J connectivity index is 1.55. The molecule has 0 spiro atoms. The van der Waals surface area contributed by atoms with Crippen LogP contribution >= 0.6 is 0 Å². The van der Waals surface area contributed by atoms with E-state index in [4.69, 9.17) is 4.74 Å². The maximum absolute atomic E-state index is 15.0. The molecule has 0 aliphatic heterocycles. The average molecular weight is 465 g/mol. The van der Waals surface area contributed by atoms with Crippen LogP contribution in [0, 0.1) is 23.5 Å². The lowest BCUT2D eigenvalue weighted by molar-refractivity contribution is 0.136. The zero-order valence-electron chi connectivity index (χ0n) is 19.9. The fraction of sp³-hybridized carbons (Fsp3) is 0.571. The largest absolute Gasteiger partial charge is 0.491 e. The van der Waals surface area contributed by atoms with Gasteiger partial charge < -0.3 is 4.74 Å². The zero-order valence-corrected chi connectivity index (χ0v) is 19.9. The van der Waals surface area contributed by atoms with Crippen LogP contribution in [0.1, 0.15) is 94.6 Å². The number of ether oxygens (including phenoxy) is 1. The van der Waals surface area contributed by atoms with Gasteiger partial charge in [-0.3, -0.25) is 0 Å². The van der Waals surface area contributed by atoms with Crippen LogP contribution in [-0.2, 0) is 4.74 Å². The Hall–Kier alpha value is -2.04. The van der Waals surface area contributed by atoms with Crippen molar-refractivity contribution in [1.29, 1.82) is 0 Å². The molecule has 2 saturated carbocycles. The third-order valence-electron chi connectivity index (χ3n) is 7.55. The average Bonchev–Trinajstić information content (AvgIpc) is 2.83. The number of allylic oxidation sites excluding steroid dienone is 3. The summed E-state index contributed by atoms with van der Waals surface area (Å²) in [5.74, 6) is -2.96. The third-order valence-corrected chi connectivity index (χ3v) is 7.55. The predicted octanol–water partition coefficient (Wildman–Crippen LogP) is 9.18. The van der Waals surface area contributed by atoms with Gasteiger partial charge in [-0.05, 0) is 85.3 Å². The fourth-order valence-corrected chi connectivity index (χ4v) is 5.14. The van der Waals surface area contributed by atoms with Crippen molar-refractivity contribution in [2.75, 3.05) is 6.61 Å². The highest BCUT2D eigenvalue weighted by molar-refractivity contribution is 5.33. The van der Waals surface area contributed by atoms with Crippen LogP contribution in [0.15, 0.2) is 48.3 Å². The van der Waals surface area contributed by atoms with Crippen molar-refractivity contribution in [3.8, 4) is 0 Å². The van der Waals surface area contributed by atoms with E-state index in [0.29, 0.717) is 36.3 Å². The molecule has 1 aromatic rings.